The minimum atomic E-state index is -3.55. The highest BCUT2D eigenvalue weighted by molar-refractivity contribution is 7.89. The van der Waals surface area contributed by atoms with Crippen LogP contribution >= 0.6 is 0 Å². The molecule has 28 heavy (non-hydrogen) atoms. The molecule has 6 heteroatoms. The average Bonchev–Trinajstić information content (AvgIpc) is 3.24. The van der Waals surface area contributed by atoms with Crippen LogP contribution in [0.3, 0.4) is 0 Å². The molecular formula is C22H26N2O3S. The lowest BCUT2D eigenvalue weighted by atomic mass is 9.87. The third kappa shape index (κ3) is 3.59. The third-order valence-corrected chi connectivity index (χ3v) is 7.85. The monoisotopic (exact) mass is 398 g/mol. The Labute approximate surface area is 166 Å². The molecule has 0 bridgehead atoms. The Morgan fingerprint density at radius 3 is 2.61 bits per heavy atom. The largest absolute Gasteiger partial charge is 0.345 e. The van der Waals surface area contributed by atoms with E-state index in [1.807, 2.05) is 12.1 Å². The maximum atomic E-state index is 13.0. The average molecular weight is 399 g/mol. The van der Waals surface area contributed by atoms with Gasteiger partial charge < -0.3 is 5.32 Å². The standard InChI is InChI=1S/C22H26N2O3S/c1-16-11-12-18(15-21(16)28(26,27)24-13-4-5-14-24)22(25)23-20-10-6-8-17-7-2-3-9-19(17)20/h2-3,7,9,11-12,15,20H,4-6,8,10,13-14H2,1H3,(H,23,25). The van der Waals surface area contributed by atoms with Crippen molar-refractivity contribution in [3.63, 3.8) is 0 Å². The summed E-state index contributed by atoms with van der Waals surface area (Å²) in [6.45, 7) is 2.89. The number of carbonyl (C=O) groups excluding carboxylic acids is 1. The lowest BCUT2D eigenvalue weighted by molar-refractivity contribution is 0.0932. The quantitative estimate of drug-likeness (QED) is 0.856. The van der Waals surface area contributed by atoms with E-state index in [9.17, 15) is 13.2 Å². The van der Waals surface area contributed by atoms with Crippen molar-refractivity contribution in [2.75, 3.05) is 13.1 Å². The van der Waals surface area contributed by atoms with E-state index in [-0.39, 0.29) is 16.8 Å². The zero-order valence-electron chi connectivity index (χ0n) is 16.1. The second-order valence-electron chi connectivity index (χ2n) is 7.71. The lowest BCUT2D eigenvalue weighted by Crippen LogP contribution is -2.32. The van der Waals surface area contributed by atoms with E-state index in [0.29, 0.717) is 24.2 Å². The van der Waals surface area contributed by atoms with Crippen LogP contribution < -0.4 is 5.32 Å². The van der Waals surface area contributed by atoms with Crippen molar-refractivity contribution >= 4 is 15.9 Å². The predicted molar refractivity (Wildman–Crippen MR) is 109 cm³/mol. The highest BCUT2D eigenvalue weighted by Gasteiger charge is 2.29. The van der Waals surface area contributed by atoms with E-state index in [2.05, 4.69) is 17.4 Å². The van der Waals surface area contributed by atoms with E-state index >= 15 is 0 Å². The Hall–Kier alpha value is -2.18. The first kappa shape index (κ1) is 19.2. The van der Waals surface area contributed by atoms with Crippen LogP contribution in [0.2, 0.25) is 0 Å². The molecule has 1 atom stereocenters. The number of nitrogens with one attached hydrogen (secondary N) is 1. The third-order valence-electron chi connectivity index (χ3n) is 5.81. The Kier molecular flexibility index (Phi) is 5.25. The van der Waals surface area contributed by atoms with Gasteiger partial charge in [-0.05, 0) is 67.9 Å². The molecule has 1 unspecified atom stereocenters. The summed E-state index contributed by atoms with van der Waals surface area (Å²) < 4.78 is 27.5. The molecule has 148 valence electrons. The molecule has 1 fully saturated rings. The van der Waals surface area contributed by atoms with Crippen molar-refractivity contribution in [1.82, 2.24) is 9.62 Å². The summed E-state index contributed by atoms with van der Waals surface area (Å²) in [6.07, 6.45) is 4.74. The zero-order valence-corrected chi connectivity index (χ0v) is 17.0. The number of hydrogen-bond acceptors (Lipinski definition) is 3. The van der Waals surface area contributed by atoms with Gasteiger partial charge in [-0.2, -0.15) is 4.31 Å². The first-order chi connectivity index (χ1) is 13.5. The van der Waals surface area contributed by atoms with Gasteiger partial charge in [0.05, 0.1) is 10.9 Å². The SMILES string of the molecule is Cc1ccc(C(=O)NC2CCCc3ccccc32)cc1S(=O)(=O)N1CCCC1. The van der Waals surface area contributed by atoms with Crippen molar-refractivity contribution in [3.8, 4) is 0 Å². The summed E-state index contributed by atoms with van der Waals surface area (Å²) in [7, 11) is -3.55. The normalized spacial score (nSPS) is 20.0. The lowest BCUT2D eigenvalue weighted by Gasteiger charge is -2.26. The van der Waals surface area contributed by atoms with Crippen LogP contribution in [0, 0.1) is 6.92 Å². The van der Waals surface area contributed by atoms with E-state index in [0.717, 1.165) is 32.1 Å². The van der Waals surface area contributed by atoms with Gasteiger partial charge in [-0.25, -0.2) is 8.42 Å². The molecule has 0 saturated carbocycles. The van der Waals surface area contributed by atoms with Gasteiger partial charge in [0, 0.05) is 18.7 Å². The summed E-state index contributed by atoms with van der Waals surface area (Å²) in [5.41, 5.74) is 3.51. The van der Waals surface area contributed by atoms with Crippen molar-refractivity contribution < 1.29 is 13.2 Å². The van der Waals surface area contributed by atoms with Gasteiger partial charge in [0.15, 0.2) is 0 Å². The van der Waals surface area contributed by atoms with Crippen molar-refractivity contribution in [2.24, 2.45) is 0 Å². The van der Waals surface area contributed by atoms with Gasteiger partial charge in [-0.3, -0.25) is 4.79 Å². The number of amides is 1. The summed E-state index contributed by atoms with van der Waals surface area (Å²) in [5, 5.41) is 3.11. The number of hydrogen-bond donors (Lipinski definition) is 1. The van der Waals surface area contributed by atoms with E-state index in [1.54, 1.807) is 19.1 Å². The summed E-state index contributed by atoms with van der Waals surface area (Å²) in [5.74, 6) is -0.223. The smallest absolute Gasteiger partial charge is 0.251 e. The molecule has 2 aliphatic rings. The van der Waals surface area contributed by atoms with Gasteiger partial charge in [0.1, 0.15) is 0 Å². The molecule has 1 aliphatic heterocycles. The summed E-state index contributed by atoms with van der Waals surface area (Å²) in [4.78, 5) is 13.2. The molecule has 1 heterocycles. The van der Waals surface area contributed by atoms with Crippen molar-refractivity contribution in [1.29, 1.82) is 0 Å². The van der Waals surface area contributed by atoms with Gasteiger partial charge in [0.2, 0.25) is 10.0 Å². The number of nitrogens with zero attached hydrogens (tertiary/aromatic N) is 1. The fourth-order valence-corrected chi connectivity index (χ4v) is 6.00. The van der Waals surface area contributed by atoms with E-state index < -0.39 is 10.0 Å². The topological polar surface area (TPSA) is 66.5 Å². The molecule has 1 amide bonds. The highest BCUT2D eigenvalue weighted by Crippen LogP contribution is 2.30. The maximum Gasteiger partial charge on any atom is 0.251 e. The molecule has 1 aliphatic carbocycles. The van der Waals surface area contributed by atoms with Gasteiger partial charge in [-0.1, -0.05) is 30.3 Å². The maximum absolute atomic E-state index is 13.0. The first-order valence-corrected chi connectivity index (χ1v) is 11.4. The Balaban J connectivity index is 1.59. The van der Waals surface area contributed by atoms with Gasteiger partial charge in [0.25, 0.3) is 5.91 Å². The fourth-order valence-electron chi connectivity index (χ4n) is 4.23. The number of benzene rings is 2. The molecule has 5 nitrogen and oxygen atoms in total. The van der Waals surface area contributed by atoms with Crippen molar-refractivity contribution in [2.45, 2.75) is 50.0 Å². The minimum absolute atomic E-state index is 0.0302. The van der Waals surface area contributed by atoms with E-state index in [4.69, 9.17) is 0 Å². The molecule has 0 spiro atoms. The molecule has 0 radical (unpaired) electrons. The number of sulfonamides is 1. The fraction of sp³-hybridized carbons (Fsp3) is 0.409. The van der Waals surface area contributed by atoms with Gasteiger partial charge in [-0.15, -0.1) is 0 Å². The molecule has 1 N–H and O–H groups in total. The van der Waals surface area contributed by atoms with Crippen LogP contribution in [0.4, 0.5) is 0 Å². The van der Waals surface area contributed by atoms with Crippen LogP contribution in [0.25, 0.3) is 0 Å². The predicted octanol–water partition coefficient (Wildman–Crippen LogP) is 3.59. The van der Waals surface area contributed by atoms with Crippen LogP contribution in [0.15, 0.2) is 47.4 Å². The minimum Gasteiger partial charge on any atom is -0.345 e. The highest BCUT2D eigenvalue weighted by atomic mass is 32.2. The van der Waals surface area contributed by atoms with Crippen LogP contribution in [-0.4, -0.2) is 31.7 Å². The van der Waals surface area contributed by atoms with Crippen molar-refractivity contribution in [3.05, 3.63) is 64.7 Å². The zero-order chi connectivity index (χ0) is 19.7. The number of rotatable bonds is 4. The molecule has 1 saturated heterocycles. The molecule has 4 rings (SSSR count). The molecular weight excluding hydrogens is 372 g/mol. The Bertz CT molecular complexity index is 995. The summed E-state index contributed by atoms with van der Waals surface area (Å²) >= 11 is 0. The second kappa shape index (κ2) is 7.68. The molecule has 2 aromatic carbocycles. The van der Waals surface area contributed by atoms with Crippen LogP contribution in [0.1, 0.15) is 58.8 Å². The van der Waals surface area contributed by atoms with E-state index in [1.165, 1.54) is 21.5 Å². The number of carbonyl (C=O) groups is 1. The van der Waals surface area contributed by atoms with Gasteiger partial charge >= 0.3 is 0 Å². The molecule has 2 aromatic rings. The van der Waals surface area contributed by atoms with Crippen LogP contribution in [-0.2, 0) is 16.4 Å². The molecule has 0 aromatic heterocycles. The Morgan fingerprint density at radius 2 is 1.82 bits per heavy atom. The number of aryl methyl sites for hydroxylation is 2. The van der Waals surface area contributed by atoms with Crippen LogP contribution in [0.5, 0.6) is 0 Å². The second-order valence-corrected chi connectivity index (χ2v) is 9.61. The first-order valence-electron chi connectivity index (χ1n) is 9.96. The number of fused-ring (bicyclic) bond motifs is 1. The summed E-state index contributed by atoms with van der Waals surface area (Å²) in [6, 6.07) is 13.1. The Morgan fingerprint density at radius 1 is 1.07 bits per heavy atom.